The van der Waals surface area contributed by atoms with Crippen LogP contribution in [0.5, 0.6) is 0 Å². The van der Waals surface area contributed by atoms with Crippen molar-refractivity contribution in [1.82, 2.24) is 5.32 Å². The number of fused-ring (bicyclic) bond motifs is 1. The molecule has 8 nitrogen and oxygen atoms in total. The zero-order valence-electron chi connectivity index (χ0n) is 15.2. The third-order valence-corrected chi connectivity index (χ3v) is 3.61. The van der Waals surface area contributed by atoms with Crippen LogP contribution in [0.15, 0.2) is 0 Å². The van der Waals surface area contributed by atoms with Gasteiger partial charge in [0.25, 0.3) is 0 Å². The van der Waals surface area contributed by atoms with Gasteiger partial charge in [-0.05, 0) is 41.0 Å². The third-order valence-electron chi connectivity index (χ3n) is 3.61. The second-order valence-electron chi connectivity index (χ2n) is 7.57. The quantitative estimate of drug-likeness (QED) is 0.719. The molecule has 1 unspecified atom stereocenters. The third kappa shape index (κ3) is 5.56. The van der Waals surface area contributed by atoms with Gasteiger partial charge in [0.15, 0.2) is 12.1 Å². The van der Waals surface area contributed by atoms with Crippen molar-refractivity contribution in [1.29, 1.82) is 0 Å². The number of hydrogen-bond acceptors (Lipinski definition) is 7. The van der Waals surface area contributed by atoms with Gasteiger partial charge in [0.2, 0.25) is 0 Å². The van der Waals surface area contributed by atoms with Crippen LogP contribution in [0.2, 0.25) is 0 Å². The second-order valence-corrected chi connectivity index (χ2v) is 7.57. The number of amides is 1. The monoisotopic (exact) mass is 346 g/mol. The van der Waals surface area contributed by atoms with Crippen LogP contribution in [0.3, 0.4) is 0 Å². The minimum atomic E-state index is -0.650. The maximum Gasteiger partial charge on any atom is 0.407 e. The van der Waals surface area contributed by atoms with Gasteiger partial charge >= 0.3 is 6.09 Å². The van der Waals surface area contributed by atoms with Crippen LogP contribution in [-0.2, 0) is 23.7 Å². The number of carbonyl (C=O) groups is 1. The standard InChI is InChI=1S/C16H30N2O6/c1-15(2,3)24-14(19)18-7-6-8-20-13-11(17)12-10(9-21-13)22-16(4,5)23-12/h10-13H,6-9,17H2,1-5H3,(H,18,19)/t10-,11+,12-,13?/m0/s1. The van der Waals surface area contributed by atoms with Gasteiger partial charge in [-0.15, -0.1) is 0 Å². The lowest BCUT2D eigenvalue weighted by Gasteiger charge is -2.35. The minimum absolute atomic E-state index is 0.163. The Labute approximate surface area is 143 Å². The van der Waals surface area contributed by atoms with Gasteiger partial charge in [-0.2, -0.15) is 0 Å². The maximum absolute atomic E-state index is 11.5. The van der Waals surface area contributed by atoms with E-state index >= 15 is 0 Å². The van der Waals surface area contributed by atoms with E-state index < -0.39 is 29.8 Å². The molecule has 0 aromatic heterocycles. The van der Waals surface area contributed by atoms with Gasteiger partial charge < -0.3 is 34.7 Å². The molecule has 2 saturated heterocycles. The van der Waals surface area contributed by atoms with E-state index in [1.54, 1.807) is 0 Å². The summed E-state index contributed by atoms with van der Waals surface area (Å²) < 4.78 is 28.0. The fraction of sp³-hybridized carbons (Fsp3) is 0.938. The van der Waals surface area contributed by atoms with E-state index in [0.29, 0.717) is 26.2 Å². The highest BCUT2D eigenvalue weighted by atomic mass is 16.8. The van der Waals surface area contributed by atoms with Crippen molar-refractivity contribution in [2.24, 2.45) is 5.73 Å². The summed E-state index contributed by atoms with van der Waals surface area (Å²) in [5, 5.41) is 2.68. The van der Waals surface area contributed by atoms with Gasteiger partial charge in [-0.25, -0.2) is 4.79 Å². The first-order valence-corrected chi connectivity index (χ1v) is 8.39. The highest BCUT2D eigenvalue weighted by molar-refractivity contribution is 5.67. The van der Waals surface area contributed by atoms with Gasteiger partial charge in [-0.1, -0.05) is 0 Å². The van der Waals surface area contributed by atoms with E-state index in [4.69, 9.17) is 29.4 Å². The molecule has 2 aliphatic heterocycles. The lowest BCUT2D eigenvalue weighted by atomic mass is 10.0. The fourth-order valence-corrected chi connectivity index (χ4v) is 2.71. The van der Waals surface area contributed by atoms with Crippen molar-refractivity contribution in [3.63, 3.8) is 0 Å². The summed E-state index contributed by atoms with van der Waals surface area (Å²) in [4.78, 5) is 11.5. The first kappa shape index (κ1) is 19.4. The van der Waals surface area contributed by atoms with E-state index in [0.717, 1.165) is 0 Å². The molecule has 24 heavy (non-hydrogen) atoms. The Morgan fingerprint density at radius 3 is 2.71 bits per heavy atom. The first-order valence-electron chi connectivity index (χ1n) is 8.39. The number of carbonyl (C=O) groups excluding carboxylic acids is 1. The van der Waals surface area contributed by atoms with Crippen LogP contribution >= 0.6 is 0 Å². The van der Waals surface area contributed by atoms with Crippen LogP contribution < -0.4 is 11.1 Å². The van der Waals surface area contributed by atoms with Crippen molar-refractivity contribution in [3.8, 4) is 0 Å². The molecule has 1 amide bonds. The molecule has 0 radical (unpaired) electrons. The van der Waals surface area contributed by atoms with Crippen molar-refractivity contribution >= 4 is 6.09 Å². The Bertz CT molecular complexity index is 437. The number of ether oxygens (including phenoxy) is 5. The minimum Gasteiger partial charge on any atom is -0.444 e. The summed E-state index contributed by atoms with van der Waals surface area (Å²) in [6, 6.07) is -0.413. The molecule has 2 rings (SSSR count). The summed E-state index contributed by atoms with van der Waals surface area (Å²) in [5.41, 5.74) is 5.67. The predicted molar refractivity (Wildman–Crippen MR) is 86.3 cm³/mol. The van der Waals surface area contributed by atoms with Crippen molar-refractivity contribution in [2.75, 3.05) is 19.8 Å². The fourth-order valence-electron chi connectivity index (χ4n) is 2.71. The highest BCUT2D eigenvalue weighted by Crippen LogP contribution is 2.33. The Hall–Kier alpha value is -0.930. The molecule has 0 aromatic rings. The van der Waals surface area contributed by atoms with E-state index in [9.17, 15) is 4.79 Å². The molecule has 0 spiro atoms. The van der Waals surface area contributed by atoms with Crippen molar-refractivity contribution in [2.45, 2.75) is 77.0 Å². The number of rotatable bonds is 5. The summed E-state index contributed by atoms with van der Waals surface area (Å²) in [7, 11) is 0. The SMILES string of the molecule is CC(C)(C)OC(=O)NCCCOC1OC[C@@H]2OC(C)(C)O[C@@H]2[C@H]1N. The Morgan fingerprint density at radius 1 is 1.33 bits per heavy atom. The lowest BCUT2D eigenvalue weighted by Crippen LogP contribution is -2.57. The van der Waals surface area contributed by atoms with E-state index in [2.05, 4.69) is 5.32 Å². The zero-order chi connectivity index (χ0) is 18.0. The molecule has 0 aliphatic carbocycles. The lowest BCUT2D eigenvalue weighted by molar-refractivity contribution is -0.206. The van der Waals surface area contributed by atoms with Crippen molar-refractivity contribution < 1.29 is 28.5 Å². The average Bonchev–Trinajstić information content (AvgIpc) is 2.74. The normalized spacial score (nSPS) is 32.2. The van der Waals surface area contributed by atoms with E-state index in [1.165, 1.54) is 0 Å². The topological polar surface area (TPSA) is 101 Å². The molecule has 0 aromatic carbocycles. The molecule has 140 valence electrons. The molecule has 0 saturated carbocycles. The van der Waals surface area contributed by atoms with Crippen LogP contribution in [0.25, 0.3) is 0 Å². The maximum atomic E-state index is 11.5. The van der Waals surface area contributed by atoms with Gasteiger partial charge in [0, 0.05) is 6.54 Å². The second kappa shape index (κ2) is 7.53. The number of alkyl carbamates (subject to hydrolysis) is 1. The highest BCUT2D eigenvalue weighted by Gasteiger charge is 2.50. The van der Waals surface area contributed by atoms with Gasteiger partial charge in [0.05, 0.1) is 19.3 Å². The molecule has 3 N–H and O–H groups in total. The summed E-state index contributed by atoms with van der Waals surface area (Å²) >= 11 is 0. The first-order chi connectivity index (χ1) is 11.1. The molecule has 2 fully saturated rings. The summed E-state index contributed by atoms with van der Waals surface area (Å²) in [6.07, 6.45) is -0.745. The number of hydrogen-bond donors (Lipinski definition) is 2. The van der Waals surface area contributed by atoms with Crippen LogP contribution in [-0.4, -0.2) is 61.8 Å². The van der Waals surface area contributed by atoms with Crippen LogP contribution in [0.4, 0.5) is 4.79 Å². The molecular formula is C16H30N2O6. The average molecular weight is 346 g/mol. The smallest absolute Gasteiger partial charge is 0.407 e. The molecule has 2 aliphatic rings. The summed E-state index contributed by atoms with van der Waals surface area (Å²) in [5.74, 6) is -0.650. The predicted octanol–water partition coefficient (Wildman–Crippen LogP) is 1.12. The Morgan fingerprint density at radius 2 is 2.04 bits per heavy atom. The van der Waals surface area contributed by atoms with Gasteiger partial charge in [-0.3, -0.25) is 0 Å². The number of nitrogens with one attached hydrogen (secondary N) is 1. The Kier molecular flexibility index (Phi) is 6.09. The zero-order valence-corrected chi connectivity index (χ0v) is 15.2. The largest absolute Gasteiger partial charge is 0.444 e. The molecular weight excluding hydrogens is 316 g/mol. The molecule has 4 atom stereocenters. The van der Waals surface area contributed by atoms with Crippen molar-refractivity contribution in [3.05, 3.63) is 0 Å². The number of nitrogens with two attached hydrogens (primary N) is 1. The van der Waals surface area contributed by atoms with Crippen LogP contribution in [0, 0.1) is 0 Å². The van der Waals surface area contributed by atoms with E-state index in [-0.39, 0.29) is 12.2 Å². The van der Waals surface area contributed by atoms with E-state index in [1.807, 2.05) is 34.6 Å². The molecule has 2 heterocycles. The van der Waals surface area contributed by atoms with Gasteiger partial charge in [0.1, 0.15) is 17.8 Å². The molecule has 8 heteroatoms. The molecule has 0 bridgehead atoms. The van der Waals surface area contributed by atoms with Crippen LogP contribution in [0.1, 0.15) is 41.0 Å². The Balaban J connectivity index is 1.64. The summed E-state index contributed by atoms with van der Waals surface area (Å²) in [6.45, 7) is 10.4.